The molecule has 0 aliphatic heterocycles. The lowest BCUT2D eigenvalue weighted by Gasteiger charge is -2.01. The Morgan fingerprint density at radius 2 is 0.938 bits per heavy atom. The molecule has 0 amide bonds. The third kappa shape index (κ3) is 3.67. The maximum absolute atomic E-state index is 4.76. The van der Waals surface area contributed by atoms with Crippen LogP contribution in [0, 0.1) is 0 Å². The van der Waals surface area contributed by atoms with Crippen molar-refractivity contribution in [3.8, 4) is 11.1 Å². The van der Waals surface area contributed by atoms with Crippen LogP contribution in [-0.2, 0) is 12.8 Å². The van der Waals surface area contributed by atoms with E-state index in [0.29, 0.717) is 0 Å². The van der Waals surface area contributed by atoms with Crippen LogP contribution < -0.4 is 0 Å². The first-order valence-electron chi connectivity index (χ1n) is 10.9. The molecule has 2 heterocycles. The summed E-state index contributed by atoms with van der Waals surface area (Å²) in [6, 6.07) is 33.7. The molecular weight excluding hydrogens is 392 g/mol. The van der Waals surface area contributed by atoms with Gasteiger partial charge in [0.2, 0.25) is 0 Å². The van der Waals surface area contributed by atoms with Gasteiger partial charge < -0.3 is 9.97 Å². The monoisotopic (exact) mass is 414 g/mol. The van der Waals surface area contributed by atoms with E-state index in [-0.39, 0.29) is 0 Å². The molecule has 2 N–H and O–H groups in total. The van der Waals surface area contributed by atoms with E-state index >= 15 is 0 Å². The summed E-state index contributed by atoms with van der Waals surface area (Å²) in [6.07, 6.45) is 1.60. The van der Waals surface area contributed by atoms with Crippen molar-refractivity contribution in [3.05, 3.63) is 120 Å². The number of nitrogens with zero attached hydrogens (tertiary/aromatic N) is 2. The fourth-order valence-corrected chi connectivity index (χ4v) is 4.23. The lowest BCUT2D eigenvalue weighted by Crippen LogP contribution is -1.89. The molecule has 0 bridgehead atoms. The van der Waals surface area contributed by atoms with Gasteiger partial charge in [0.1, 0.15) is 11.6 Å². The Labute approximate surface area is 186 Å². The maximum Gasteiger partial charge on any atom is 0.111 e. The Kier molecular flexibility index (Phi) is 4.54. The third-order valence-corrected chi connectivity index (χ3v) is 5.82. The fourth-order valence-electron chi connectivity index (χ4n) is 4.23. The molecule has 0 atom stereocenters. The van der Waals surface area contributed by atoms with Crippen LogP contribution in [0.5, 0.6) is 0 Å². The summed E-state index contributed by atoms with van der Waals surface area (Å²) in [5.74, 6) is 1.97. The van der Waals surface area contributed by atoms with Crippen LogP contribution in [0.25, 0.3) is 33.2 Å². The number of rotatable bonds is 5. The van der Waals surface area contributed by atoms with E-state index in [0.717, 1.165) is 57.7 Å². The summed E-state index contributed by atoms with van der Waals surface area (Å²) < 4.78 is 0. The summed E-state index contributed by atoms with van der Waals surface area (Å²) in [5.41, 5.74) is 8.93. The Morgan fingerprint density at radius 3 is 1.38 bits per heavy atom. The van der Waals surface area contributed by atoms with Crippen molar-refractivity contribution in [2.75, 3.05) is 0 Å². The Morgan fingerprint density at radius 1 is 0.500 bits per heavy atom. The number of nitrogens with one attached hydrogen (secondary N) is 2. The number of H-pyrrole nitrogens is 2. The van der Waals surface area contributed by atoms with Crippen molar-refractivity contribution in [1.29, 1.82) is 0 Å². The van der Waals surface area contributed by atoms with Crippen LogP contribution in [0.2, 0.25) is 0 Å². The van der Waals surface area contributed by atoms with E-state index in [1.807, 2.05) is 12.1 Å². The van der Waals surface area contributed by atoms with Crippen molar-refractivity contribution in [3.63, 3.8) is 0 Å². The minimum absolute atomic E-state index is 0.801. The SMILES string of the molecule is c1ccc(Cc2nc3ccc(-c4ccc5nc(Cc6ccccc6)[nH]c5c4)cc3[nH]2)cc1. The van der Waals surface area contributed by atoms with Gasteiger partial charge in [0.05, 0.1) is 22.1 Å². The average Bonchev–Trinajstić information content (AvgIpc) is 3.42. The van der Waals surface area contributed by atoms with E-state index in [9.17, 15) is 0 Å². The first kappa shape index (κ1) is 18.6. The number of hydrogen-bond acceptors (Lipinski definition) is 2. The molecule has 0 unspecified atom stereocenters. The highest BCUT2D eigenvalue weighted by Crippen LogP contribution is 2.27. The maximum atomic E-state index is 4.76. The van der Waals surface area contributed by atoms with Crippen LogP contribution in [-0.4, -0.2) is 19.9 Å². The van der Waals surface area contributed by atoms with Crippen molar-refractivity contribution in [2.24, 2.45) is 0 Å². The zero-order chi connectivity index (χ0) is 21.3. The van der Waals surface area contributed by atoms with Crippen LogP contribution in [0.4, 0.5) is 0 Å². The minimum atomic E-state index is 0.801. The molecule has 6 rings (SSSR count). The molecule has 0 saturated heterocycles. The molecular formula is C28H22N4. The van der Waals surface area contributed by atoms with Gasteiger partial charge >= 0.3 is 0 Å². The Bertz CT molecular complexity index is 1390. The fraction of sp³-hybridized carbons (Fsp3) is 0.0714. The third-order valence-electron chi connectivity index (χ3n) is 5.82. The van der Waals surface area contributed by atoms with E-state index in [2.05, 4.69) is 94.9 Å². The molecule has 0 saturated carbocycles. The lowest BCUT2D eigenvalue weighted by molar-refractivity contribution is 1.04. The smallest absolute Gasteiger partial charge is 0.111 e. The quantitative estimate of drug-likeness (QED) is 0.348. The Balaban J connectivity index is 1.29. The molecule has 0 aliphatic carbocycles. The summed E-state index contributed by atoms with van der Waals surface area (Å²) in [4.78, 5) is 16.5. The van der Waals surface area contributed by atoms with Crippen molar-refractivity contribution >= 4 is 22.1 Å². The first-order valence-corrected chi connectivity index (χ1v) is 10.9. The predicted octanol–water partition coefficient (Wildman–Crippen LogP) is 6.29. The van der Waals surface area contributed by atoms with E-state index in [4.69, 9.17) is 9.97 Å². The van der Waals surface area contributed by atoms with Crippen LogP contribution in [0.3, 0.4) is 0 Å². The molecule has 2 aromatic heterocycles. The van der Waals surface area contributed by atoms with E-state index < -0.39 is 0 Å². The summed E-state index contributed by atoms with van der Waals surface area (Å²) in [7, 11) is 0. The summed E-state index contributed by atoms with van der Waals surface area (Å²) in [5, 5.41) is 0. The highest BCUT2D eigenvalue weighted by atomic mass is 14.9. The van der Waals surface area contributed by atoms with Gasteiger partial charge in [0, 0.05) is 12.8 Å². The van der Waals surface area contributed by atoms with Gasteiger partial charge in [-0.1, -0.05) is 72.8 Å². The van der Waals surface area contributed by atoms with Gasteiger partial charge in [-0.2, -0.15) is 0 Å². The highest BCUT2D eigenvalue weighted by Gasteiger charge is 2.09. The van der Waals surface area contributed by atoms with E-state index in [1.54, 1.807) is 0 Å². The van der Waals surface area contributed by atoms with Gasteiger partial charge in [-0.05, 0) is 46.5 Å². The topological polar surface area (TPSA) is 57.4 Å². The number of fused-ring (bicyclic) bond motifs is 2. The molecule has 0 fully saturated rings. The number of hydrogen-bond donors (Lipinski definition) is 2. The number of benzene rings is 4. The number of aromatic nitrogens is 4. The molecule has 0 aliphatic rings. The first-order chi connectivity index (χ1) is 15.8. The molecule has 4 nitrogen and oxygen atoms in total. The van der Waals surface area contributed by atoms with Crippen LogP contribution >= 0.6 is 0 Å². The molecule has 154 valence electrons. The zero-order valence-corrected chi connectivity index (χ0v) is 17.5. The van der Waals surface area contributed by atoms with Gasteiger partial charge in [0.15, 0.2) is 0 Å². The highest BCUT2D eigenvalue weighted by molar-refractivity contribution is 5.86. The summed E-state index contributed by atoms with van der Waals surface area (Å²) in [6.45, 7) is 0. The van der Waals surface area contributed by atoms with E-state index in [1.165, 1.54) is 11.1 Å². The molecule has 6 aromatic rings. The normalized spacial score (nSPS) is 11.4. The zero-order valence-electron chi connectivity index (χ0n) is 17.5. The molecule has 4 heteroatoms. The Hall–Kier alpha value is -4.18. The number of imidazole rings is 2. The summed E-state index contributed by atoms with van der Waals surface area (Å²) >= 11 is 0. The van der Waals surface area contributed by atoms with Gasteiger partial charge in [-0.3, -0.25) is 0 Å². The van der Waals surface area contributed by atoms with Crippen molar-refractivity contribution in [1.82, 2.24) is 19.9 Å². The van der Waals surface area contributed by atoms with Crippen molar-refractivity contribution in [2.45, 2.75) is 12.8 Å². The second kappa shape index (κ2) is 7.82. The predicted molar refractivity (Wildman–Crippen MR) is 130 cm³/mol. The molecule has 0 radical (unpaired) electrons. The van der Waals surface area contributed by atoms with Gasteiger partial charge in [0.25, 0.3) is 0 Å². The molecule has 32 heavy (non-hydrogen) atoms. The second-order valence-corrected chi connectivity index (χ2v) is 8.16. The molecule has 0 spiro atoms. The minimum Gasteiger partial charge on any atom is -0.342 e. The average molecular weight is 415 g/mol. The number of aromatic amines is 2. The lowest BCUT2D eigenvalue weighted by atomic mass is 10.0. The van der Waals surface area contributed by atoms with Crippen LogP contribution in [0.1, 0.15) is 22.8 Å². The van der Waals surface area contributed by atoms with Gasteiger partial charge in [-0.15, -0.1) is 0 Å². The van der Waals surface area contributed by atoms with Crippen molar-refractivity contribution < 1.29 is 0 Å². The standard InChI is InChI=1S/C28H22N4/c1-3-7-19(8-4-1)15-27-29-23-13-11-21(17-25(23)31-27)22-12-14-24-26(18-22)32-28(30-24)16-20-9-5-2-6-10-20/h1-14,17-18H,15-16H2,(H,29,31)(H,30,32). The second-order valence-electron chi connectivity index (χ2n) is 8.16. The molecule has 4 aromatic carbocycles. The van der Waals surface area contributed by atoms with Crippen LogP contribution in [0.15, 0.2) is 97.1 Å². The largest absolute Gasteiger partial charge is 0.342 e. The van der Waals surface area contributed by atoms with Gasteiger partial charge in [-0.25, -0.2) is 9.97 Å².